The number of anilines is 1. The number of alkyl halides is 3. The van der Waals surface area contributed by atoms with E-state index in [4.69, 9.17) is 5.73 Å². The average Bonchev–Trinajstić information content (AvgIpc) is 3.24. The van der Waals surface area contributed by atoms with Crippen LogP contribution in [0.25, 0.3) is 11.3 Å². The Hall–Kier alpha value is -2.78. The Morgan fingerprint density at radius 1 is 1.27 bits per heavy atom. The fourth-order valence-electron chi connectivity index (χ4n) is 3.89. The summed E-state index contributed by atoms with van der Waals surface area (Å²) in [7, 11) is 0. The first-order valence-electron chi connectivity index (χ1n) is 8.09. The molecule has 0 unspecified atom stereocenters. The van der Waals surface area contributed by atoms with Crippen LogP contribution in [0.1, 0.15) is 24.1 Å². The van der Waals surface area contributed by atoms with Crippen LogP contribution in [0.3, 0.4) is 0 Å². The third-order valence-electron chi connectivity index (χ3n) is 5.27. The van der Waals surface area contributed by atoms with Gasteiger partial charge < -0.3 is 15.7 Å². The molecular weight excluding hydrogens is 351 g/mol. The van der Waals surface area contributed by atoms with Crippen molar-refractivity contribution in [1.82, 2.24) is 19.7 Å². The molecule has 3 N–H and O–H groups in total. The molecule has 2 aromatic rings. The summed E-state index contributed by atoms with van der Waals surface area (Å²) in [5, 5.41) is 13.6. The second kappa shape index (κ2) is 5.36. The third-order valence-corrected chi connectivity index (χ3v) is 5.27. The number of nitrogens with zero attached hydrogens (tertiary/aromatic N) is 4. The fourth-order valence-corrected chi connectivity index (χ4v) is 3.89. The van der Waals surface area contributed by atoms with Gasteiger partial charge in [-0.05, 0) is 25.0 Å². The van der Waals surface area contributed by atoms with Crippen LogP contribution >= 0.6 is 0 Å². The average molecular weight is 367 g/mol. The maximum Gasteiger partial charge on any atom is 0.419 e. The number of likely N-dealkylation sites (tertiary alicyclic amines) is 1. The van der Waals surface area contributed by atoms with Crippen molar-refractivity contribution >= 4 is 11.9 Å². The first-order valence-corrected chi connectivity index (χ1v) is 8.09. The topological polar surface area (TPSA) is 97.3 Å². The number of aromatic nitrogens is 3. The molecule has 0 bridgehead atoms. The predicted molar refractivity (Wildman–Crippen MR) is 85.4 cm³/mol. The van der Waals surface area contributed by atoms with E-state index in [1.807, 2.05) is 0 Å². The summed E-state index contributed by atoms with van der Waals surface area (Å²) in [6.45, 7) is 1.43. The van der Waals surface area contributed by atoms with Gasteiger partial charge >= 0.3 is 12.3 Å². The molecule has 0 aliphatic carbocycles. The number of pyridine rings is 1. The van der Waals surface area contributed by atoms with E-state index in [1.54, 1.807) is 10.7 Å². The molecule has 1 atom stereocenters. The molecule has 10 heteroatoms. The highest BCUT2D eigenvalue weighted by Crippen LogP contribution is 2.44. The molecule has 4 heterocycles. The van der Waals surface area contributed by atoms with Gasteiger partial charge in [0.2, 0.25) is 0 Å². The molecular formula is C16H16F3N5O2. The lowest BCUT2D eigenvalue weighted by atomic mass is 9.82. The van der Waals surface area contributed by atoms with Gasteiger partial charge in [-0.25, -0.2) is 9.78 Å². The maximum absolute atomic E-state index is 13.1. The minimum Gasteiger partial charge on any atom is -0.465 e. The summed E-state index contributed by atoms with van der Waals surface area (Å²) in [5.41, 5.74) is 5.51. The van der Waals surface area contributed by atoms with E-state index < -0.39 is 23.7 Å². The second-order valence-electron chi connectivity index (χ2n) is 6.78. The van der Waals surface area contributed by atoms with E-state index in [0.717, 1.165) is 18.2 Å². The van der Waals surface area contributed by atoms with E-state index in [0.29, 0.717) is 31.7 Å². The monoisotopic (exact) mass is 367 g/mol. The van der Waals surface area contributed by atoms with E-state index in [9.17, 15) is 23.1 Å². The molecule has 0 aromatic carbocycles. The number of fused-ring (bicyclic) bond motifs is 2. The van der Waals surface area contributed by atoms with E-state index in [2.05, 4.69) is 10.1 Å². The third kappa shape index (κ3) is 2.47. The van der Waals surface area contributed by atoms with Gasteiger partial charge in [0.05, 0.1) is 11.3 Å². The Kier molecular flexibility index (Phi) is 3.44. The van der Waals surface area contributed by atoms with Crippen molar-refractivity contribution in [2.75, 3.05) is 18.8 Å². The lowest BCUT2D eigenvalue weighted by Gasteiger charge is -2.22. The highest BCUT2D eigenvalue weighted by molar-refractivity contribution is 5.66. The van der Waals surface area contributed by atoms with Crippen molar-refractivity contribution in [2.45, 2.75) is 31.0 Å². The largest absolute Gasteiger partial charge is 0.465 e. The summed E-state index contributed by atoms with van der Waals surface area (Å²) in [6.07, 6.45) is -2.83. The van der Waals surface area contributed by atoms with Crippen molar-refractivity contribution in [3.05, 3.63) is 29.6 Å². The van der Waals surface area contributed by atoms with Crippen LogP contribution in [-0.4, -0.2) is 44.0 Å². The summed E-state index contributed by atoms with van der Waals surface area (Å²) in [4.78, 5) is 16.2. The molecule has 26 heavy (non-hydrogen) atoms. The minimum absolute atomic E-state index is 0.233. The van der Waals surface area contributed by atoms with Crippen molar-refractivity contribution < 1.29 is 23.1 Å². The maximum atomic E-state index is 13.1. The molecule has 1 amide bonds. The first-order chi connectivity index (χ1) is 12.2. The van der Waals surface area contributed by atoms with Crippen LogP contribution in [-0.2, 0) is 18.1 Å². The quantitative estimate of drug-likeness (QED) is 0.807. The van der Waals surface area contributed by atoms with E-state index >= 15 is 0 Å². The Labute approximate surface area is 146 Å². The van der Waals surface area contributed by atoms with Crippen LogP contribution < -0.4 is 5.73 Å². The summed E-state index contributed by atoms with van der Waals surface area (Å²) >= 11 is 0. The number of amides is 1. The van der Waals surface area contributed by atoms with Crippen molar-refractivity contribution in [3.8, 4) is 11.3 Å². The van der Waals surface area contributed by atoms with Gasteiger partial charge in [-0.15, -0.1) is 0 Å². The number of hydrogen-bond donors (Lipinski definition) is 2. The number of carbonyl (C=O) groups is 1. The lowest BCUT2D eigenvalue weighted by molar-refractivity contribution is -0.137. The molecule has 0 radical (unpaired) electrons. The molecule has 2 aliphatic heterocycles. The predicted octanol–water partition coefficient (Wildman–Crippen LogP) is 2.57. The standard InChI is InChI=1S/C16H16F3N5O2/c17-16(18,19)10-5-9(7-21-13(10)20)11-6-12-15(2-4-24(12)22-11)1-3-23(8-15)14(25)26/h5-7H,1-4,8H2,(H2,20,21)(H,25,26)/t15-/m1/s1. The highest BCUT2D eigenvalue weighted by atomic mass is 19.4. The van der Waals surface area contributed by atoms with Gasteiger partial charge in [-0.2, -0.15) is 18.3 Å². The zero-order chi connectivity index (χ0) is 18.7. The number of nitrogen functional groups attached to an aromatic ring is 1. The zero-order valence-corrected chi connectivity index (χ0v) is 13.6. The molecule has 0 saturated carbocycles. The van der Waals surface area contributed by atoms with Crippen molar-refractivity contribution in [2.24, 2.45) is 0 Å². The van der Waals surface area contributed by atoms with Crippen LogP contribution in [0, 0.1) is 0 Å². The number of nitrogens with two attached hydrogens (primary N) is 1. The molecule has 1 spiro atoms. The summed E-state index contributed by atoms with van der Waals surface area (Å²) < 4.78 is 40.9. The van der Waals surface area contributed by atoms with Gasteiger partial charge in [-0.3, -0.25) is 4.68 Å². The van der Waals surface area contributed by atoms with Gasteiger partial charge in [0.25, 0.3) is 0 Å². The molecule has 4 rings (SSSR count). The SMILES string of the molecule is Nc1ncc(-c2cc3n(n2)CC[C@@]32CCN(C(=O)O)C2)cc1C(F)(F)F. The van der Waals surface area contributed by atoms with Crippen LogP contribution in [0.5, 0.6) is 0 Å². The number of aryl methyl sites for hydroxylation is 1. The number of carboxylic acid groups (broad SMARTS) is 1. The molecule has 2 aliphatic rings. The Morgan fingerprint density at radius 2 is 2.00 bits per heavy atom. The van der Waals surface area contributed by atoms with Crippen LogP contribution in [0.4, 0.5) is 23.8 Å². The first kappa shape index (κ1) is 16.7. The summed E-state index contributed by atoms with van der Waals surface area (Å²) in [5.74, 6) is -0.572. The lowest BCUT2D eigenvalue weighted by Crippen LogP contribution is -2.32. The number of halogens is 3. The van der Waals surface area contributed by atoms with E-state index in [-0.39, 0.29) is 11.0 Å². The fraction of sp³-hybridized carbons (Fsp3) is 0.438. The molecule has 1 fully saturated rings. The molecule has 7 nitrogen and oxygen atoms in total. The Morgan fingerprint density at radius 3 is 2.65 bits per heavy atom. The minimum atomic E-state index is -4.59. The van der Waals surface area contributed by atoms with Crippen molar-refractivity contribution in [3.63, 3.8) is 0 Å². The number of hydrogen-bond acceptors (Lipinski definition) is 4. The molecule has 1 saturated heterocycles. The normalized spacial score (nSPS) is 22.2. The van der Waals surface area contributed by atoms with Gasteiger partial charge in [0.1, 0.15) is 5.82 Å². The van der Waals surface area contributed by atoms with Gasteiger partial charge in [-0.1, -0.05) is 0 Å². The highest BCUT2D eigenvalue weighted by Gasteiger charge is 2.47. The summed E-state index contributed by atoms with van der Waals surface area (Å²) in [6, 6.07) is 2.69. The van der Waals surface area contributed by atoms with Gasteiger partial charge in [0, 0.05) is 42.5 Å². The molecule has 2 aromatic heterocycles. The van der Waals surface area contributed by atoms with Gasteiger partial charge in [0.15, 0.2) is 0 Å². The zero-order valence-electron chi connectivity index (χ0n) is 13.6. The Bertz CT molecular complexity index is 894. The Balaban J connectivity index is 1.71. The molecule has 138 valence electrons. The van der Waals surface area contributed by atoms with E-state index in [1.165, 1.54) is 11.1 Å². The van der Waals surface area contributed by atoms with Crippen LogP contribution in [0.2, 0.25) is 0 Å². The second-order valence-corrected chi connectivity index (χ2v) is 6.78. The van der Waals surface area contributed by atoms with Crippen LogP contribution in [0.15, 0.2) is 18.3 Å². The van der Waals surface area contributed by atoms with Crippen molar-refractivity contribution in [1.29, 1.82) is 0 Å². The smallest absolute Gasteiger partial charge is 0.419 e. The number of rotatable bonds is 1.